The molecule has 1 aliphatic heterocycles. The van der Waals surface area contributed by atoms with E-state index in [0.717, 1.165) is 24.3 Å². The van der Waals surface area contributed by atoms with Gasteiger partial charge in [0.15, 0.2) is 11.6 Å². The largest absolute Gasteiger partial charge is 0.338 e. The summed E-state index contributed by atoms with van der Waals surface area (Å²) in [6.07, 6.45) is 2.18. The molecule has 2 aromatic heterocycles. The Bertz CT molecular complexity index is 910. The van der Waals surface area contributed by atoms with Gasteiger partial charge in [0.05, 0.1) is 11.4 Å². The van der Waals surface area contributed by atoms with Crippen molar-refractivity contribution < 1.29 is 13.7 Å². The van der Waals surface area contributed by atoms with Crippen molar-refractivity contribution in [3.63, 3.8) is 0 Å². The summed E-state index contributed by atoms with van der Waals surface area (Å²) in [7, 11) is 0. The molecule has 1 unspecified atom stereocenters. The van der Waals surface area contributed by atoms with Crippen molar-refractivity contribution in [2.45, 2.75) is 25.8 Å². The number of ketones is 1. The summed E-state index contributed by atoms with van der Waals surface area (Å²) in [5, 5.41) is 5.90. The number of hydrogen-bond acceptors (Lipinski definition) is 6. The number of hydrogen-bond donors (Lipinski definition) is 0. The Labute approximate surface area is 160 Å². The predicted octanol–water partition coefficient (Wildman–Crippen LogP) is 3.96. The minimum Gasteiger partial charge on any atom is -0.338 e. The lowest BCUT2D eigenvalue weighted by Crippen LogP contribution is -2.38. The van der Waals surface area contributed by atoms with Gasteiger partial charge in [-0.15, -0.1) is 11.3 Å². The molecule has 140 valence electrons. The van der Waals surface area contributed by atoms with E-state index in [1.807, 2.05) is 17.5 Å². The Morgan fingerprint density at radius 3 is 3.00 bits per heavy atom. The summed E-state index contributed by atoms with van der Waals surface area (Å²) in [6, 6.07) is 10.4. The predicted molar refractivity (Wildman–Crippen MR) is 100 cm³/mol. The van der Waals surface area contributed by atoms with E-state index >= 15 is 0 Å². The third kappa shape index (κ3) is 4.31. The third-order valence-corrected chi connectivity index (χ3v) is 5.70. The fraction of sp³-hybridized carbons (Fsp3) is 0.350. The maximum absolute atomic E-state index is 13.8. The number of carbonyl (C=O) groups excluding carboxylic acids is 1. The molecule has 0 N–H and O–H groups in total. The lowest BCUT2D eigenvalue weighted by molar-refractivity contribution is 0.0801. The van der Waals surface area contributed by atoms with E-state index in [9.17, 15) is 9.18 Å². The highest BCUT2D eigenvalue weighted by Crippen LogP contribution is 2.24. The second-order valence-electron chi connectivity index (χ2n) is 6.79. The monoisotopic (exact) mass is 385 g/mol. The molecule has 1 saturated heterocycles. The molecule has 0 amide bonds. The van der Waals surface area contributed by atoms with Crippen LogP contribution in [0, 0.1) is 11.7 Å². The fourth-order valence-electron chi connectivity index (χ4n) is 3.46. The number of Topliss-reactive ketones (excluding diaryl/α,β-unsaturated/α-hetero) is 1. The molecule has 0 saturated carbocycles. The van der Waals surface area contributed by atoms with E-state index in [2.05, 4.69) is 15.0 Å². The van der Waals surface area contributed by atoms with Gasteiger partial charge in [0.2, 0.25) is 5.89 Å². The molecule has 1 aromatic carbocycles. The first-order valence-electron chi connectivity index (χ1n) is 9.04. The van der Waals surface area contributed by atoms with Crippen molar-refractivity contribution >= 4 is 17.1 Å². The standard InChI is InChI=1S/C20H20FN3O2S/c21-16-7-2-1-5-14(16)11-18-22-19(26-23-18)13-24-9-3-6-15(12-24)20(25)17-8-4-10-27-17/h1-2,4-5,7-8,10,15H,3,6,9,11-13H2. The number of aromatic nitrogens is 2. The van der Waals surface area contributed by atoms with Gasteiger partial charge in [-0.25, -0.2) is 4.39 Å². The maximum Gasteiger partial charge on any atom is 0.240 e. The molecule has 3 heterocycles. The first kappa shape index (κ1) is 18.0. The Morgan fingerprint density at radius 2 is 2.19 bits per heavy atom. The van der Waals surface area contributed by atoms with Crippen LogP contribution >= 0.6 is 11.3 Å². The van der Waals surface area contributed by atoms with Crippen LogP contribution in [0.3, 0.4) is 0 Å². The Hall–Kier alpha value is -2.38. The van der Waals surface area contributed by atoms with Crippen molar-refractivity contribution in [2.24, 2.45) is 5.92 Å². The SMILES string of the molecule is O=C(c1cccs1)C1CCCN(Cc2nc(Cc3ccccc3F)no2)C1. The van der Waals surface area contributed by atoms with Gasteiger partial charge in [-0.05, 0) is 42.5 Å². The number of benzene rings is 1. The normalized spacial score (nSPS) is 17.9. The van der Waals surface area contributed by atoms with E-state index in [1.165, 1.54) is 17.4 Å². The number of halogens is 1. The number of piperidine rings is 1. The minimum atomic E-state index is -0.269. The smallest absolute Gasteiger partial charge is 0.240 e. The molecule has 1 aliphatic rings. The summed E-state index contributed by atoms with van der Waals surface area (Å²) < 4.78 is 19.1. The zero-order valence-corrected chi connectivity index (χ0v) is 15.6. The Balaban J connectivity index is 1.37. The summed E-state index contributed by atoms with van der Waals surface area (Å²) in [5.41, 5.74) is 0.546. The Morgan fingerprint density at radius 1 is 1.30 bits per heavy atom. The summed E-state index contributed by atoms with van der Waals surface area (Å²) in [4.78, 5) is 20.0. The van der Waals surface area contributed by atoms with Gasteiger partial charge in [-0.3, -0.25) is 9.69 Å². The molecule has 3 aromatic rings. The Kier molecular flexibility index (Phi) is 5.40. The molecule has 7 heteroatoms. The average Bonchev–Trinajstić information content (AvgIpc) is 3.36. The highest BCUT2D eigenvalue weighted by Gasteiger charge is 2.28. The average molecular weight is 385 g/mol. The third-order valence-electron chi connectivity index (χ3n) is 4.82. The molecule has 1 fully saturated rings. The summed E-state index contributed by atoms with van der Waals surface area (Å²) in [6.45, 7) is 2.11. The van der Waals surface area contributed by atoms with Crippen molar-refractivity contribution in [3.05, 3.63) is 69.8 Å². The summed E-state index contributed by atoms with van der Waals surface area (Å²) >= 11 is 1.50. The van der Waals surface area contributed by atoms with Gasteiger partial charge < -0.3 is 4.52 Å². The van der Waals surface area contributed by atoms with Crippen LogP contribution in [0.25, 0.3) is 0 Å². The quantitative estimate of drug-likeness (QED) is 0.601. The van der Waals surface area contributed by atoms with Gasteiger partial charge >= 0.3 is 0 Å². The highest BCUT2D eigenvalue weighted by molar-refractivity contribution is 7.12. The van der Waals surface area contributed by atoms with Crippen molar-refractivity contribution in [3.8, 4) is 0 Å². The molecule has 0 spiro atoms. The van der Waals surface area contributed by atoms with Crippen molar-refractivity contribution in [1.29, 1.82) is 0 Å². The molecule has 4 rings (SSSR count). The van der Waals surface area contributed by atoms with Crippen LogP contribution in [0.5, 0.6) is 0 Å². The topological polar surface area (TPSA) is 59.2 Å². The van der Waals surface area contributed by atoms with Gasteiger partial charge in [0.1, 0.15) is 5.82 Å². The van der Waals surface area contributed by atoms with Crippen molar-refractivity contribution in [2.75, 3.05) is 13.1 Å². The van der Waals surface area contributed by atoms with Gasteiger partial charge in [-0.2, -0.15) is 4.98 Å². The van der Waals surface area contributed by atoms with Crippen LogP contribution in [0.4, 0.5) is 4.39 Å². The summed E-state index contributed by atoms with van der Waals surface area (Å²) in [5.74, 6) is 0.942. The van der Waals surface area contributed by atoms with Gasteiger partial charge in [0, 0.05) is 18.9 Å². The first-order chi connectivity index (χ1) is 13.2. The zero-order valence-electron chi connectivity index (χ0n) is 14.8. The molecule has 1 atom stereocenters. The molecule has 5 nitrogen and oxygen atoms in total. The first-order valence-corrected chi connectivity index (χ1v) is 9.92. The number of likely N-dealkylation sites (tertiary alicyclic amines) is 1. The minimum absolute atomic E-state index is 0.0122. The van der Waals surface area contributed by atoms with E-state index < -0.39 is 0 Å². The van der Waals surface area contributed by atoms with Gasteiger partial charge in [0.25, 0.3) is 0 Å². The fourth-order valence-corrected chi connectivity index (χ4v) is 4.21. The van der Waals surface area contributed by atoms with Crippen molar-refractivity contribution in [1.82, 2.24) is 15.0 Å². The molecular formula is C20H20FN3O2S. The van der Waals surface area contributed by atoms with Crippen LogP contribution in [0.1, 0.15) is 39.8 Å². The lowest BCUT2D eigenvalue weighted by atomic mass is 9.93. The number of thiophene rings is 1. The van der Waals surface area contributed by atoms with Crippen LogP contribution in [0.2, 0.25) is 0 Å². The van der Waals surface area contributed by atoms with Gasteiger partial charge in [-0.1, -0.05) is 29.4 Å². The van der Waals surface area contributed by atoms with E-state index in [1.54, 1.807) is 18.2 Å². The van der Waals surface area contributed by atoms with E-state index in [-0.39, 0.29) is 17.5 Å². The number of carbonyl (C=O) groups is 1. The van der Waals surface area contributed by atoms with Crippen LogP contribution < -0.4 is 0 Å². The molecule has 0 aliphatic carbocycles. The molecular weight excluding hydrogens is 365 g/mol. The highest BCUT2D eigenvalue weighted by atomic mass is 32.1. The van der Waals surface area contributed by atoms with E-state index in [4.69, 9.17) is 4.52 Å². The second-order valence-corrected chi connectivity index (χ2v) is 7.74. The van der Waals surface area contributed by atoms with Crippen LogP contribution in [-0.2, 0) is 13.0 Å². The van der Waals surface area contributed by atoms with E-state index in [0.29, 0.717) is 36.8 Å². The zero-order chi connectivity index (χ0) is 18.6. The van der Waals surface area contributed by atoms with Crippen LogP contribution in [-0.4, -0.2) is 33.9 Å². The second kappa shape index (κ2) is 8.10. The number of nitrogens with zero attached hydrogens (tertiary/aromatic N) is 3. The van der Waals surface area contributed by atoms with Crippen LogP contribution in [0.15, 0.2) is 46.3 Å². The number of rotatable bonds is 6. The lowest BCUT2D eigenvalue weighted by Gasteiger charge is -2.30. The molecule has 27 heavy (non-hydrogen) atoms. The molecule has 0 radical (unpaired) electrons. The molecule has 0 bridgehead atoms. The maximum atomic E-state index is 13.8.